The van der Waals surface area contributed by atoms with E-state index in [9.17, 15) is 26.4 Å². The van der Waals surface area contributed by atoms with Gasteiger partial charge in [-0.25, -0.2) is 8.42 Å². The van der Waals surface area contributed by atoms with Gasteiger partial charge in [-0.15, -0.1) is 0 Å². The summed E-state index contributed by atoms with van der Waals surface area (Å²) in [6, 6.07) is 5.50. The number of nitrogens with one attached hydrogen (secondary N) is 3. The average molecular weight is 574 g/mol. The van der Waals surface area contributed by atoms with Crippen LogP contribution in [0.3, 0.4) is 0 Å². The van der Waals surface area contributed by atoms with Crippen molar-refractivity contribution in [3.8, 4) is 0 Å². The van der Waals surface area contributed by atoms with Crippen LogP contribution in [0, 0.1) is 13.8 Å². The van der Waals surface area contributed by atoms with Gasteiger partial charge in [0, 0.05) is 17.1 Å². The molecule has 0 saturated carbocycles. The van der Waals surface area contributed by atoms with Crippen LogP contribution in [-0.4, -0.2) is 32.1 Å². The summed E-state index contributed by atoms with van der Waals surface area (Å²) in [5, 5.41) is 6.43. The lowest BCUT2D eigenvalue weighted by Crippen LogP contribution is -2.48. The number of hydrogen-bond acceptors (Lipinski definition) is 4. The topological polar surface area (TPSA) is 87.3 Å². The summed E-state index contributed by atoms with van der Waals surface area (Å²) in [7, 11) is -4.58. The third-order valence-electron chi connectivity index (χ3n) is 6.51. The van der Waals surface area contributed by atoms with E-state index in [1.54, 1.807) is 11.6 Å². The molecule has 0 aliphatic heterocycles. The maximum atomic E-state index is 13.9. The van der Waals surface area contributed by atoms with Crippen LogP contribution >= 0.6 is 11.6 Å². The van der Waals surface area contributed by atoms with Crippen LogP contribution < -0.4 is 15.4 Å². The first-order valence-electron chi connectivity index (χ1n) is 12.5. The molecule has 38 heavy (non-hydrogen) atoms. The van der Waals surface area contributed by atoms with Gasteiger partial charge in [0.2, 0.25) is 15.9 Å². The molecule has 0 aromatic heterocycles. The van der Waals surface area contributed by atoms with Gasteiger partial charge in [0.15, 0.2) is 0 Å². The monoisotopic (exact) mass is 573 g/mol. The summed E-state index contributed by atoms with van der Waals surface area (Å²) in [4.78, 5) is 12.5. The summed E-state index contributed by atoms with van der Waals surface area (Å²) in [5.41, 5.74) is 3.58. The fourth-order valence-corrected chi connectivity index (χ4v) is 6.20. The van der Waals surface area contributed by atoms with Gasteiger partial charge in [-0.05, 0) is 93.8 Å². The molecule has 3 rings (SSSR count). The van der Waals surface area contributed by atoms with E-state index in [1.807, 2.05) is 12.1 Å². The molecule has 0 bridgehead atoms. The molecule has 6 nitrogen and oxygen atoms in total. The van der Waals surface area contributed by atoms with Gasteiger partial charge in [0.05, 0.1) is 17.4 Å². The number of halogens is 4. The van der Waals surface area contributed by atoms with Crippen LogP contribution in [0.2, 0.25) is 5.02 Å². The van der Waals surface area contributed by atoms with Crippen LogP contribution in [0.15, 0.2) is 35.2 Å². The lowest BCUT2D eigenvalue weighted by atomic mass is 9.86. The lowest BCUT2D eigenvalue weighted by Gasteiger charge is -2.29. The predicted octanol–water partition coefficient (Wildman–Crippen LogP) is 5.64. The van der Waals surface area contributed by atoms with Crippen molar-refractivity contribution in [2.45, 2.75) is 95.5 Å². The molecule has 0 radical (unpaired) electrons. The molecular formula is C27H35ClF3N3O3S. The lowest BCUT2D eigenvalue weighted by molar-refractivity contribution is -0.158. The van der Waals surface area contributed by atoms with E-state index < -0.39 is 40.6 Å². The molecular weight excluding hydrogens is 539 g/mol. The van der Waals surface area contributed by atoms with Crippen LogP contribution in [0.4, 0.5) is 13.2 Å². The van der Waals surface area contributed by atoms with Crippen LogP contribution in [-0.2, 0) is 27.8 Å². The highest BCUT2D eigenvalue weighted by molar-refractivity contribution is 7.89. The molecule has 2 atom stereocenters. The van der Waals surface area contributed by atoms with E-state index in [0.717, 1.165) is 29.5 Å². The van der Waals surface area contributed by atoms with Gasteiger partial charge >= 0.3 is 6.18 Å². The minimum absolute atomic E-state index is 0.0476. The Kier molecular flexibility index (Phi) is 9.23. The molecule has 11 heteroatoms. The molecule has 0 spiro atoms. The van der Waals surface area contributed by atoms with E-state index in [4.69, 9.17) is 11.6 Å². The smallest absolute Gasteiger partial charge is 0.349 e. The number of carbonyl (C=O) groups excluding carboxylic acids is 1. The second-order valence-corrected chi connectivity index (χ2v) is 13.0. The standard InChI is InChI=1S/C27H35ClF3N3O3S/c1-16-12-23(17(2)11-21(16)28)38(36,37)34-24(27(29,30)31)14-25(35)33-22-8-6-7-19-13-18(9-10-20(19)22)15-32-26(3,4)5/h9-13,22,24,32,34H,6-8,14-15H2,1-5H3,(H,33,35)/t22-,24-/m1/s1. The number of benzene rings is 2. The Bertz CT molecular complexity index is 1290. The molecule has 0 heterocycles. The summed E-state index contributed by atoms with van der Waals surface area (Å²) >= 11 is 6.00. The Balaban J connectivity index is 1.74. The zero-order chi connectivity index (χ0) is 28.5. The molecule has 1 aliphatic rings. The first-order chi connectivity index (χ1) is 17.5. The van der Waals surface area contributed by atoms with E-state index in [-0.39, 0.29) is 16.0 Å². The zero-order valence-electron chi connectivity index (χ0n) is 22.2. The van der Waals surface area contributed by atoms with E-state index in [1.165, 1.54) is 19.1 Å². The number of carbonyl (C=O) groups is 1. The number of sulfonamides is 1. The average Bonchev–Trinajstić information content (AvgIpc) is 2.78. The summed E-state index contributed by atoms with van der Waals surface area (Å²) in [5.74, 6) is -0.879. The fraction of sp³-hybridized carbons (Fsp3) is 0.519. The van der Waals surface area contributed by atoms with Crippen molar-refractivity contribution in [1.29, 1.82) is 0 Å². The fourth-order valence-electron chi connectivity index (χ4n) is 4.45. The van der Waals surface area contributed by atoms with Gasteiger partial charge in [-0.3, -0.25) is 4.79 Å². The first kappa shape index (κ1) is 30.4. The van der Waals surface area contributed by atoms with Crippen molar-refractivity contribution < 1.29 is 26.4 Å². The Hall–Kier alpha value is -2.14. The second-order valence-electron chi connectivity index (χ2n) is 10.9. The van der Waals surface area contributed by atoms with E-state index in [2.05, 4.69) is 37.5 Å². The van der Waals surface area contributed by atoms with Crippen molar-refractivity contribution in [3.63, 3.8) is 0 Å². The van der Waals surface area contributed by atoms with Gasteiger partial charge in [0.1, 0.15) is 6.04 Å². The second kappa shape index (κ2) is 11.5. The third kappa shape index (κ3) is 7.94. The van der Waals surface area contributed by atoms with Gasteiger partial charge in [-0.1, -0.05) is 29.8 Å². The number of aryl methyl sites for hydroxylation is 3. The number of hydrogen-bond donors (Lipinski definition) is 3. The van der Waals surface area contributed by atoms with E-state index in [0.29, 0.717) is 23.6 Å². The number of amides is 1. The van der Waals surface area contributed by atoms with Crippen molar-refractivity contribution in [2.24, 2.45) is 0 Å². The molecule has 2 aromatic rings. The number of fused-ring (bicyclic) bond motifs is 1. The van der Waals surface area contributed by atoms with Crippen molar-refractivity contribution in [2.75, 3.05) is 0 Å². The Labute approximate surface area is 227 Å². The quantitative estimate of drug-likeness (QED) is 0.381. The molecule has 2 aromatic carbocycles. The minimum atomic E-state index is -4.97. The Morgan fingerprint density at radius 1 is 1.11 bits per heavy atom. The van der Waals surface area contributed by atoms with Crippen LogP contribution in [0.25, 0.3) is 0 Å². The first-order valence-corrected chi connectivity index (χ1v) is 14.3. The highest BCUT2D eigenvalue weighted by atomic mass is 35.5. The number of rotatable bonds is 8. The van der Waals surface area contributed by atoms with Crippen molar-refractivity contribution in [1.82, 2.24) is 15.4 Å². The molecule has 3 N–H and O–H groups in total. The highest BCUT2D eigenvalue weighted by Crippen LogP contribution is 2.32. The molecule has 1 aliphatic carbocycles. The largest absolute Gasteiger partial charge is 0.405 e. The van der Waals surface area contributed by atoms with Gasteiger partial charge in [0.25, 0.3) is 0 Å². The maximum absolute atomic E-state index is 13.9. The van der Waals surface area contributed by atoms with Crippen LogP contribution in [0.5, 0.6) is 0 Å². The predicted molar refractivity (Wildman–Crippen MR) is 143 cm³/mol. The van der Waals surface area contributed by atoms with Crippen molar-refractivity contribution in [3.05, 3.63) is 63.2 Å². The molecule has 1 amide bonds. The maximum Gasteiger partial charge on any atom is 0.405 e. The molecule has 0 fully saturated rings. The van der Waals surface area contributed by atoms with Gasteiger partial charge < -0.3 is 10.6 Å². The Morgan fingerprint density at radius 3 is 2.42 bits per heavy atom. The van der Waals surface area contributed by atoms with Crippen LogP contribution in [0.1, 0.15) is 73.9 Å². The third-order valence-corrected chi connectivity index (χ3v) is 8.53. The Morgan fingerprint density at radius 2 is 1.79 bits per heavy atom. The molecule has 0 unspecified atom stereocenters. The SMILES string of the molecule is Cc1cc(S(=O)(=O)N[C@H](CC(=O)N[C@@H]2CCCc3cc(CNC(C)(C)C)ccc32)C(F)(F)F)c(C)cc1Cl. The van der Waals surface area contributed by atoms with E-state index >= 15 is 0 Å². The zero-order valence-corrected chi connectivity index (χ0v) is 23.8. The number of alkyl halides is 3. The highest BCUT2D eigenvalue weighted by Gasteiger charge is 2.44. The normalized spacial score (nSPS) is 17.1. The minimum Gasteiger partial charge on any atom is -0.349 e. The summed E-state index contributed by atoms with van der Waals surface area (Å²) in [6.45, 7) is 9.89. The van der Waals surface area contributed by atoms with Crippen molar-refractivity contribution >= 4 is 27.5 Å². The summed E-state index contributed by atoms with van der Waals surface area (Å²) in [6.07, 6.45) is -3.87. The summed E-state index contributed by atoms with van der Waals surface area (Å²) < 4.78 is 69.0. The van der Waals surface area contributed by atoms with Gasteiger partial charge in [-0.2, -0.15) is 17.9 Å². The molecule has 0 saturated heterocycles. The molecule has 210 valence electrons.